The van der Waals surface area contributed by atoms with E-state index in [-0.39, 0.29) is 5.91 Å². The molecule has 2 aliphatic heterocycles. The Kier molecular flexibility index (Phi) is 16.3. The largest absolute Gasteiger partial charge is 0.338 e. The minimum Gasteiger partial charge on any atom is -0.338 e. The number of carbonyl (C=O) groups excluding carboxylic acids is 1. The third-order valence-corrected chi connectivity index (χ3v) is 7.11. The van der Waals surface area contributed by atoms with E-state index >= 15 is 0 Å². The maximum Gasteiger partial charge on any atom is 0.272 e. The van der Waals surface area contributed by atoms with E-state index in [1.807, 2.05) is 45.7 Å². The number of likely N-dealkylation sites (tertiary alicyclic amines) is 1. The van der Waals surface area contributed by atoms with Crippen LogP contribution in [-0.4, -0.2) is 96.9 Å². The molecule has 1 amide bonds. The maximum atomic E-state index is 13.0. The van der Waals surface area contributed by atoms with Gasteiger partial charge in [-0.3, -0.25) is 14.7 Å². The second-order valence-electron chi connectivity index (χ2n) is 8.48. The van der Waals surface area contributed by atoms with Gasteiger partial charge in [0.05, 0.1) is 0 Å². The number of amides is 1. The summed E-state index contributed by atoms with van der Waals surface area (Å²) in [6.45, 7) is 23.3. The van der Waals surface area contributed by atoms with Gasteiger partial charge in [0, 0.05) is 69.8 Å². The molecule has 0 atom stereocenters. The molecule has 0 unspecified atom stereocenters. The molecule has 9 heteroatoms. The number of hydrogen-bond donors (Lipinski definition) is 0. The standard InChI is InChI=1S/C23H36BrN7O.2C2H6/c1-4-31(26-3)21(17-24)22(32)29-11-6-7-19(10-12-29)18-27-23(25-2)30-15-13-28(14-16-30)20-8-5-9-20;2*1-2/h17-18,20H,2-16H2,1H3;2*1-2H3/b19-18+,21-17+,27-23?;;. The molecule has 204 valence electrons. The molecule has 3 rings (SSSR count). The fourth-order valence-electron chi connectivity index (χ4n) is 4.48. The Hall–Kier alpha value is -2.00. The molecule has 1 saturated carbocycles. The lowest BCUT2D eigenvalue weighted by Gasteiger charge is -2.43. The van der Waals surface area contributed by atoms with Gasteiger partial charge in [0.2, 0.25) is 5.96 Å². The molecule has 2 saturated heterocycles. The highest BCUT2D eigenvalue weighted by Crippen LogP contribution is 2.26. The topological polar surface area (TPSA) is 67.1 Å². The van der Waals surface area contributed by atoms with Gasteiger partial charge in [0.15, 0.2) is 0 Å². The highest BCUT2D eigenvalue weighted by Gasteiger charge is 2.28. The van der Waals surface area contributed by atoms with Crippen molar-refractivity contribution in [2.24, 2.45) is 15.1 Å². The third kappa shape index (κ3) is 9.14. The Bertz CT molecular complexity index is 768. The van der Waals surface area contributed by atoms with Crippen LogP contribution in [0.15, 0.2) is 37.5 Å². The zero-order valence-corrected chi connectivity index (χ0v) is 24.8. The number of rotatable bonds is 6. The zero-order chi connectivity index (χ0) is 26.9. The summed E-state index contributed by atoms with van der Waals surface area (Å²) in [5.74, 6) is 0.682. The van der Waals surface area contributed by atoms with Gasteiger partial charge in [0.25, 0.3) is 5.91 Å². The first kappa shape index (κ1) is 32.0. The average Bonchev–Trinajstić information content (AvgIpc) is 3.15. The van der Waals surface area contributed by atoms with Crippen molar-refractivity contribution in [3.8, 4) is 0 Å². The minimum atomic E-state index is -0.0290. The lowest BCUT2D eigenvalue weighted by molar-refractivity contribution is -0.128. The van der Waals surface area contributed by atoms with Crippen molar-refractivity contribution in [3.05, 3.63) is 22.5 Å². The smallest absolute Gasteiger partial charge is 0.272 e. The molecule has 1 aliphatic carbocycles. The van der Waals surface area contributed by atoms with Crippen LogP contribution in [0.25, 0.3) is 0 Å². The van der Waals surface area contributed by atoms with Crippen LogP contribution in [0, 0.1) is 0 Å². The summed E-state index contributed by atoms with van der Waals surface area (Å²) in [7, 11) is 0. The highest BCUT2D eigenvalue weighted by molar-refractivity contribution is 9.11. The second kappa shape index (κ2) is 18.3. The van der Waals surface area contributed by atoms with Crippen molar-refractivity contribution in [1.82, 2.24) is 19.7 Å². The number of hydrazone groups is 1. The molecular formula is C27H48BrN7O. The van der Waals surface area contributed by atoms with Crippen molar-refractivity contribution in [1.29, 1.82) is 0 Å². The maximum absolute atomic E-state index is 13.0. The second-order valence-corrected chi connectivity index (χ2v) is 8.94. The van der Waals surface area contributed by atoms with Crippen LogP contribution < -0.4 is 0 Å². The molecule has 0 aromatic rings. The molecule has 0 aromatic carbocycles. The summed E-state index contributed by atoms with van der Waals surface area (Å²) in [5.41, 5.74) is 1.75. The SMILES string of the molecule is C=NC(=N/C=C1\CCCN(C(=O)/C(=C\Br)N(CC)N=C)CC1)N1CCN(C2CCC2)CC1.CC.CC. The van der Waals surface area contributed by atoms with Crippen molar-refractivity contribution < 1.29 is 4.79 Å². The summed E-state index contributed by atoms with van der Waals surface area (Å²) in [5, 5.41) is 5.55. The number of halogens is 1. The van der Waals surface area contributed by atoms with E-state index in [4.69, 9.17) is 4.99 Å². The summed E-state index contributed by atoms with van der Waals surface area (Å²) < 4.78 is 0. The van der Waals surface area contributed by atoms with Crippen LogP contribution >= 0.6 is 15.9 Å². The van der Waals surface area contributed by atoms with E-state index in [0.29, 0.717) is 31.3 Å². The highest BCUT2D eigenvalue weighted by atomic mass is 79.9. The number of piperazine rings is 1. The van der Waals surface area contributed by atoms with E-state index in [2.05, 4.69) is 49.3 Å². The Morgan fingerprint density at radius 3 is 2.17 bits per heavy atom. The summed E-state index contributed by atoms with van der Waals surface area (Å²) >= 11 is 3.31. The number of aliphatic imine (C=N–C) groups is 2. The molecular weight excluding hydrogens is 518 g/mol. The first-order chi connectivity index (χ1) is 17.6. The molecule has 3 fully saturated rings. The van der Waals surface area contributed by atoms with Crippen LogP contribution in [-0.2, 0) is 4.79 Å². The minimum absolute atomic E-state index is 0.0290. The normalized spacial score (nSPS) is 20.8. The average molecular weight is 567 g/mol. The lowest BCUT2D eigenvalue weighted by atomic mass is 9.91. The molecule has 2 heterocycles. The van der Waals surface area contributed by atoms with E-state index < -0.39 is 0 Å². The lowest BCUT2D eigenvalue weighted by Crippen LogP contribution is -2.53. The quantitative estimate of drug-likeness (QED) is 0.189. The summed E-state index contributed by atoms with van der Waals surface area (Å²) in [4.78, 5) is 30.2. The van der Waals surface area contributed by atoms with Gasteiger partial charge in [-0.1, -0.05) is 50.0 Å². The molecule has 3 aliphatic rings. The first-order valence-corrected chi connectivity index (χ1v) is 14.6. The van der Waals surface area contributed by atoms with Crippen LogP contribution in [0.2, 0.25) is 0 Å². The fourth-order valence-corrected chi connectivity index (χ4v) is 4.91. The molecule has 0 aromatic heterocycles. The molecule has 36 heavy (non-hydrogen) atoms. The van der Waals surface area contributed by atoms with Crippen LogP contribution in [0.4, 0.5) is 0 Å². The van der Waals surface area contributed by atoms with Gasteiger partial charge in [-0.25, -0.2) is 9.98 Å². The molecule has 0 spiro atoms. The van der Waals surface area contributed by atoms with Gasteiger partial charge in [-0.15, -0.1) is 0 Å². The predicted molar refractivity (Wildman–Crippen MR) is 158 cm³/mol. The molecule has 0 N–H and O–H groups in total. The number of nitrogens with zero attached hydrogens (tertiary/aromatic N) is 7. The number of hydrogen-bond acceptors (Lipinski definition) is 5. The van der Waals surface area contributed by atoms with Crippen molar-refractivity contribution >= 4 is 41.2 Å². The summed E-state index contributed by atoms with van der Waals surface area (Å²) in [6.07, 6.45) is 8.65. The van der Waals surface area contributed by atoms with Crippen molar-refractivity contribution in [2.45, 2.75) is 79.2 Å². The van der Waals surface area contributed by atoms with E-state index in [0.717, 1.165) is 51.5 Å². The first-order valence-electron chi connectivity index (χ1n) is 13.7. The number of likely N-dealkylation sites (N-methyl/N-ethyl adjacent to an activating group) is 1. The van der Waals surface area contributed by atoms with Crippen molar-refractivity contribution in [2.75, 3.05) is 45.8 Å². The molecule has 0 radical (unpaired) electrons. The zero-order valence-electron chi connectivity index (χ0n) is 23.3. The van der Waals surface area contributed by atoms with E-state index in [9.17, 15) is 4.79 Å². The molecule has 8 nitrogen and oxygen atoms in total. The Labute approximate surface area is 228 Å². The number of carbonyl (C=O) groups is 1. The Balaban J connectivity index is 0.00000154. The van der Waals surface area contributed by atoms with Gasteiger partial charge < -0.3 is 9.80 Å². The third-order valence-electron chi connectivity index (χ3n) is 6.68. The Morgan fingerprint density at radius 2 is 1.67 bits per heavy atom. The number of guanidine groups is 1. The predicted octanol–water partition coefficient (Wildman–Crippen LogP) is 5.34. The van der Waals surface area contributed by atoms with Crippen LogP contribution in [0.3, 0.4) is 0 Å². The molecule has 0 bridgehead atoms. The fraction of sp³-hybridized carbons (Fsp3) is 0.704. The van der Waals surface area contributed by atoms with E-state index in [1.165, 1.54) is 24.8 Å². The van der Waals surface area contributed by atoms with Gasteiger partial charge >= 0.3 is 0 Å². The van der Waals surface area contributed by atoms with Crippen molar-refractivity contribution in [3.63, 3.8) is 0 Å². The van der Waals surface area contributed by atoms with Crippen LogP contribution in [0.1, 0.15) is 73.1 Å². The van der Waals surface area contributed by atoms with Gasteiger partial charge in [0.1, 0.15) is 5.70 Å². The van der Waals surface area contributed by atoms with E-state index in [1.54, 1.807) is 9.99 Å². The monoisotopic (exact) mass is 565 g/mol. The Morgan fingerprint density at radius 1 is 1.00 bits per heavy atom. The van der Waals surface area contributed by atoms with Gasteiger partial charge in [-0.2, -0.15) is 5.10 Å². The van der Waals surface area contributed by atoms with Crippen LogP contribution in [0.5, 0.6) is 0 Å². The summed E-state index contributed by atoms with van der Waals surface area (Å²) in [6, 6.07) is 0.791. The van der Waals surface area contributed by atoms with Gasteiger partial charge in [-0.05, 0) is 51.3 Å².